The van der Waals surface area contributed by atoms with E-state index < -0.39 is 5.91 Å². The highest BCUT2D eigenvalue weighted by Gasteiger charge is 2.31. The molecule has 0 atom stereocenters. The minimum Gasteiger partial charge on any atom is -0.366 e. The second kappa shape index (κ2) is 9.23. The number of rotatable bonds is 6. The third-order valence-electron chi connectivity index (χ3n) is 7.30. The zero-order chi connectivity index (χ0) is 24.6. The van der Waals surface area contributed by atoms with E-state index in [4.69, 9.17) is 5.73 Å². The minimum absolute atomic E-state index is 0.185. The van der Waals surface area contributed by atoms with Gasteiger partial charge in [0.05, 0.1) is 12.1 Å². The standard InChI is InChI=1S/C27H29N7O2/c28-26(36)21-6-5-20-7-8-34(24(20)13-21)17-19-15-31(16-19)18-25(35)32-9-11-33(12-10-32)27-29-14-22-3-1-2-4-23(22)30-27/h1-8,13-14,19H,9-12,15-18H2,(H2,28,36). The van der Waals surface area contributed by atoms with Crippen molar-refractivity contribution in [3.63, 3.8) is 0 Å². The first kappa shape index (κ1) is 22.5. The largest absolute Gasteiger partial charge is 0.366 e. The van der Waals surface area contributed by atoms with E-state index in [-0.39, 0.29) is 5.91 Å². The van der Waals surface area contributed by atoms with E-state index in [0.717, 1.165) is 60.5 Å². The highest BCUT2D eigenvalue weighted by Crippen LogP contribution is 2.23. The molecule has 0 saturated carbocycles. The van der Waals surface area contributed by atoms with E-state index in [1.54, 1.807) is 6.07 Å². The smallest absolute Gasteiger partial charge is 0.248 e. The van der Waals surface area contributed by atoms with Crippen LogP contribution in [-0.2, 0) is 11.3 Å². The van der Waals surface area contributed by atoms with E-state index in [1.807, 2.05) is 47.5 Å². The van der Waals surface area contributed by atoms with Gasteiger partial charge in [0, 0.05) is 80.6 Å². The average Bonchev–Trinajstić information content (AvgIpc) is 3.29. The maximum absolute atomic E-state index is 12.9. The van der Waals surface area contributed by atoms with Crippen LogP contribution in [0.2, 0.25) is 0 Å². The Bertz CT molecular complexity index is 1430. The normalized spacial score (nSPS) is 17.0. The van der Waals surface area contributed by atoms with Gasteiger partial charge in [-0.3, -0.25) is 14.5 Å². The Hall–Kier alpha value is -3.98. The van der Waals surface area contributed by atoms with Crippen molar-refractivity contribution in [3.8, 4) is 0 Å². The Morgan fingerprint density at radius 2 is 1.78 bits per heavy atom. The Kier molecular flexibility index (Phi) is 5.77. The number of carbonyl (C=O) groups excluding carboxylic acids is 2. The van der Waals surface area contributed by atoms with Crippen LogP contribution >= 0.6 is 0 Å². The molecule has 2 fully saturated rings. The predicted octanol–water partition coefficient (Wildman–Crippen LogP) is 1.96. The summed E-state index contributed by atoms with van der Waals surface area (Å²) >= 11 is 0. The number of benzene rings is 2. The first-order valence-electron chi connectivity index (χ1n) is 12.4. The second-order valence-electron chi connectivity index (χ2n) is 9.76. The zero-order valence-corrected chi connectivity index (χ0v) is 20.1. The molecule has 36 heavy (non-hydrogen) atoms. The van der Waals surface area contributed by atoms with Crippen LogP contribution < -0.4 is 10.6 Å². The van der Waals surface area contributed by atoms with Crippen LogP contribution in [0.25, 0.3) is 21.8 Å². The lowest BCUT2D eigenvalue weighted by Crippen LogP contribution is -2.55. The van der Waals surface area contributed by atoms with Crippen LogP contribution in [0.4, 0.5) is 5.95 Å². The summed E-state index contributed by atoms with van der Waals surface area (Å²) in [5.41, 5.74) is 7.93. The fraction of sp³-hybridized carbons (Fsp3) is 0.333. The van der Waals surface area contributed by atoms with Gasteiger partial charge in [-0.1, -0.05) is 24.3 Å². The van der Waals surface area contributed by atoms with Crippen molar-refractivity contribution < 1.29 is 9.59 Å². The number of amides is 2. The molecule has 184 valence electrons. The molecular weight excluding hydrogens is 454 g/mol. The molecule has 2 aromatic carbocycles. The van der Waals surface area contributed by atoms with Gasteiger partial charge in [0.15, 0.2) is 0 Å². The zero-order valence-electron chi connectivity index (χ0n) is 20.1. The van der Waals surface area contributed by atoms with Crippen LogP contribution in [0.3, 0.4) is 0 Å². The van der Waals surface area contributed by atoms with E-state index in [2.05, 4.69) is 36.6 Å². The Labute approximate surface area is 209 Å². The molecule has 9 heteroatoms. The van der Waals surface area contributed by atoms with Crippen LogP contribution in [0.1, 0.15) is 10.4 Å². The molecule has 2 aliphatic rings. The number of hydrogen-bond donors (Lipinski definition) is 1. The number of hydrogen-bond acceptors (Lipinski definition) is 6. The number of anilines is 1. The summed E-state index contributed by atoms with van der Waals surface area (Å²) in [5.74, 6) is 0.980. The highest BCUT2D eigenvalue weighted by atomic mass is 16.2. The lowest BCUT2D eigenvalue weighted by Gasteiger charge is -2.41. The fourth-order valence-corrected chi connectivity index (χ4v) is 5.26. The number of carbonyl (C=O) groups is 2. The molecule has 2 amide bonds. The maximum Gasteiger partial charge on any atom is 0.248 e. The van der Waals surface area contributed by atoms with E-state index in [1.165, 1.54) is 0 Å². The molecule has 6 rings (SSSR count). The van der Waals surface area contributed by atoms with Crippen LogP contribution in [-0.4, -0.2) is 82.0 Å². The number of para-hydroxylation sites is 1. The van der Waals surface area contributed by atoms with Crippen molar-refractivity contribution in [3.05, 3.63) is 66.5 Å². The van der Waals surface area contributed by atoms with Crippen molar-refractivity contribution in [1.82, 2.24) is 24.3 Å². The summed E-state index contributed by atoms with van der Waals surface area (Å²) in [6, 6.07) is 15.6. The number of piperazine rings is 1. The molecule has 0 unspecified atom stereocenters. The van der Waals surface area contributed by atoms with Crippen molar-refractivity contribution in [2.75, 3.05) is 50.7 Å². The van der Waals surface area contributed by atoms with Crippen LogP contribution in [0, 0.1) is 5.92 Å². The highest BCUT2D eigenvalue weighted by molar-refractivity contribution is 5.97. The fourth-order valence-electron chi connectivity index (χ4n) is 5.26. The molecule has 2 aromatic heterocycles. The summed E-state index contributed by atoms with van der Waals surface area (Å²) in [4.78, 5) is 40.0. The van der Waals surface area contributed by atoms with Crippen molar-refractivity contribution in [2.24, 2.45) is 11.7 Å². The molecule has 0 spiro atoms. The monoisotopic (exact) mass is 483 g/mol. The van der Waals surface area contributed by atoms with Gasteiger partial charge in [-0.25, -0.2) is 9.97 Å². The molecule has 0 aliphatic carbocycles. The maximum atomic E-state index is 12.9. The summed E-state index contributed by atoms with van der Waals surface area (Å²) in [5, 5.41) is 2.13. The van der Waals surface area contributed by atoms with Crippen molar-refractivity contribution >= 4 is 39.6 Å². The van der Waals surface area contributed by atoms with E-state index in [0.29, 0.717) is 31.1 Å². The topological polar surface area (TPSA) is 101 Å². The molecule has 9 nitrogen and oxygen atoms in total. The Balaban J connectivity index is 0.988. The molecule has 4 aromatic rings. The minimum atomic E-state index is -0.413. The number of fused-ring (bicyclic) bond motifs is 2. The van der Waals surface area contributed by atoms with Gasteiger partial charge in [-0.05, 0) is 29.7 Å². The predicted molar refractivity (Wildman–Crippen MR) is 139 cm³/mol. The summed E-state index contributed by atoms with van der Waals surface area (Å²) < 4.78 is 2.18. The third-order valence-corrected chi connectivity index (χ3v) is 7.30. The molecule has 4 heterocycles. The number of nitrogens with zero attached hydrogens (tertiary/aromatic N) is 6. The first-order chi connectivity index (χ1) is 17.5. The van der Waals surface area contributed by atoms with Gasteiger partial charge in [0.1, 0.15) is 0 Å². The van der Waals surface area contributed by atoms with Gasteiger partial charge < -0.3 is 20.1 Å². The third kappa shape index (κ3) is 4.37. The first-order valence-corrected chi connectivity index (χ1v) is 12.4. The summed E-state index contributed by atoms with van der Waals surface area (Å²) in [6.07, 6.45) is 3.92. The molecular formula is C27H29N7O2. The van der Waals surface area contributed by atoms with Gasteiger partial charge >= 0.3 is 0 Å². The lowest BCUT2D eigenvalue weighted by atomic mass is 10.00. The summed E-state index contributed by atoms with van der Waals surface area (Å²) in [7, 11) is 0. The van der Waals surface area contributed by atoms with Crippen LogP contribution in [0.5, 0.6) is 0 Å². The van der Waals surface area contributed by atoms with Gasteiger partial charge in [-0.2, -0.15) is 0 Å². The average molecular weight is 484 g/mol. The SMILES string of the molecule is NC(=O)c1ccc2ccn(CC3CN(CC(=O)N4CCN(c5ncc6ccccc6n5)CC4)C3)c2c1. The molecule has 2 saturated heterocycles. The Morgan fingerprint density at radius 3 is 2.58 bits per heavy atom. The number of likely N-dealkylation sites (tertiary alicyclic amines) is 1. The molecule has 0 bridgehead atoms. The molecule has 2 N–H and O–H groups in total. The molecule has 2 aliphatic heterocycles. The van der Waals surface area contributed by atoms with Crippen molar-refractivity contribution in [2.45, 2.75) is 6.54 Å². The number of aromatic nitrogens is 3. The number of primary amides is 1. The van der Waals surface area contributed by atoms with Gasteiger partial charge in [0.2, 0.25) is 17.8 Å². The molecule has 0 radical (unpaired) electrons. The van der Waals surface area contributed by atoms with Crippen LogP contribution in [0.15, 0.2) is 60.9 Å². The van der Waals surface area contributed by atoms with Gasteiger partial charge in [0.25, 0.3) is 0 Å². The summed E-state index contributed by atoms with van der Waals surface area (Å²) in [6.45, 7) is 5.95. The lowest BCUT2D eigenvalue weighted by molar-refractivity contribution is -0.134. The Morgan fingerprint density at radius 1 is 0.972 bits per heavy atom. The quantitative estimate of drug-likeness (QED) is 0.450. The van der Waals surface area contributed by atoms with Crippen molar-refractivity contribution in [1.29, 1.82) is 0 Å². The van der Waals surface area contributed by atoms with Gasteiger partial charge in [-0.15, -0.1) is 0 Å². The second-order valence-corrected chi connectivity index (χ2v) is 9.76. The van der Waals surface area contributed by atoms with E-state index >= 15 is 0 Å². The van der Waals surface area contributed by atoms with E-state index in [9.17, 15) is 9.59 Å². The number of nitrogens with two attached hydrogens (primary N) is 1.